The molecule has 2 rings (SSSR count). The fourth-order valence-corrected chi connectivity index (χ4v) is 2.11. The highest BCUT2D eigenvalue weighted by atomic mass is 31.1. The molecule has 0 N–H and O–H groups in total. The molecule has 0 bridgehead atoms. The zero-order valence-corrected chi connectivity index (χ0v) is 8.67. The first kappa shape index (κ1) is 10.3. The van der Waals surface area contributed by atoms with Crippen molar-refractivity contribution in [3.8, 4) is 0 Å². The molecule has 15 heavy (non-hydrogen) atoms. The minimum absolute atomic E-state index is 0.184. The number of cyclic esters (lactones) is 2. The second-order valence-electron chi connectivity index (χ2n) is 2.84. The highest BCUT2D eigenvalue weighted by Gasteiger charge is 2.32. The third-order valence-corrected chi connectivity index (χ3v) is 3.12. The Hall–Kier alpha value is -1.27. The van der Waals surface area contributed by atoms with Crippen molar-refractivity contribution < 1.29 is 28.3 Å². The summed E-state index contributed by atoms with van der Waals surface area (Å²) in [7, 11) is -2.80. The van der Waals surface area contributed by atoms with Crippen LogP contribution < -0.4 is 0 Å². The summed E-state index contributed by atoms with van der Waals surface area (Å²) in [5.74, 6) is 0. The summed E-state index contributed by atoms with van der Waals surface area (Å²) in [6.45, 7) is 0.791. The van der Waals surface area contributed by atoms with Crippen molar-refractivity contribution in [2.45, 2.75) is 0 Å². The molecule has 1 unspecified atom stereocenters. The van der Waals surface area contributed by atoms with Gasteiger partial charge in [-0.15, -0.1) is 0 Å². The molecular formula is C6H9N2O6P. The Morgan fingerprint density at radius 3 is 2.33 bits per heavy atom. The second-order valence-corrected chi connectivity index (χ2v) is 4.09. The van der Waals surface area contributed by atoms with Gasteiger partial charge in [0.25, 0.3) is 0 Å². The zero-order valence-electron chi connectivity index (χ0n) is 7.67. The number of carbonyl (C=O) groups is 2. The lowest BCUT2D eigenvalue weighted by Crippen LogP contribution is -2.25. The van der Waals surface area contributed by atoms with Crippen LogP contribution in [0.25, 0.3) is 0 Å². The molecule has 2 aliphatic heterocycles. The predicted molar refractivity (Wildman–Crippen MR) is 46.2 cm³/mol. The number of ether oxygens (including phenoxy) is 2. The van der Waals surface area contributed by atoms with Gasteiger partial charge >= 0.3 is 20.4 Å². The summed E-state index contributed by atoms with van der Waals surface area (Å²) in [5.41, 5.74) is 0. The van der Waals surface area contributed by atoms with E-state index in [1.165, 1.54) is 0 Å². The van der Waals surface area contributed by atoms with E-state index in [2.05, 4.69) is 9.47 Å². The van der Waals surface area contributed by atoms with Gasteiger partial charge < -0.3 is 9.47 Å². The van der Waals surface area contributed by atoms with Gasteiger partial charge in [-0.05, 0) is 0 Å². The van der Waals surface area contributed by atoms with Crippen molar-refractivity contribution in [2.75, 3.05) is 26.3 Å². The minimum Gasteiger partial charge on any atom is -0.447 e. The Morgan fingerprint density at radius 2 is 1.80 bits per heavy atom. The Kier molecular flexibility index (Phi) is 2.79. The molecule has 9 heteroatoms. The topological polar surface area (TPSA) is 85.4 Å². The van der Waals surface area contributed by atoms with E-state index in [-0.39, 0.29) is 26.3 Å². The zero-order chi connectivity index (χ0) is 10.8. The van der Waals surface area contributed by atoms with Crippen molar-refractivity contribution >= 4 is 20.4 Å². The molecule has 0 aromatic rings. The molecule has 0 radical (unpaired) electrons. The molecule has 8 nitrogen and oxygen atoms in total. The fraction of sp³-hybridized carbons (Fsp3) is 0.667. The van der Waals surface area contributed by atoms with Crippen molar-refractivity contribution in [1.29, 1.82) is 0 Å². The molecule has 0 aliphatic carbocycles. The average Bonchev–Trinajstić information content (AvgIpc) is 2.76. The molecule has 2 saturated heterocycles. The van der Waals surface area contributed by atoms with Crippen LogP contribution in [0, 0.1) is 0 Å². The van der Waals surface area contributed by atoms with E-state index in [1.54, 1.807) is 0 Å². The van der Waals surface area contributed by atoms with Crippen molar-refractivity contribution in [3.05, 3.63) is 0 Å². The molecule has 2 heterocycles. The first-order chi connectivity index (χ1) is 7.18. The number of hydrogen-bond acceptors (Lipinski definition) is 6. The summed E-state index contributed by atoms with van der Waals surface area (Å²) in [6.07, 6.45) is -1.38. The van der Waals surface area contributed by atoms with Crippen molar-refractivity contribution in [2.24, 2.45) is 0 Å². The molecule has 0 aromatic heterocycles. The van der Waals surface area contributed by atoms with E-state index in [9.17, 15) is 14.2 Å². The number of carbonyl (C=O) groups excluding carboxylic acids is 2. The van der Waals surface area contributed by atoms with Gasteiger partial charge in [0.05, 0.1) is 13.1 Å². The smallest absolute Gasteiger partial charge is 0.434 e. The summed E-state index contributed by atoms with van der Waals surface area (Å²) in [4.78, 5) is 21.9. The van der Waals surface area contributed by atoms with Crippen LogP contribution >= 0.6 is 8.18 Å². The Balaban J connectivity index is 1.91. The molecule has 2 amide bonds. The monoisotopic (exact) mass is 236 g/mol. The lowest BCUT2D eigenvalue weighted by atomic mass is 10.7. The van der Waals surface area contributed by atoms with E-state index in [0.29, 0.717) is 0 Å². The Labute approximate surface area is 85.5 Å². The summed E-state index contributed by atoms with van der Waals surface area (Å²) in [6, 6.07) is 0. The van der Waals surface area contributed by atoms with Crippen LogP contribution in [0.4, 0.5) is 9.59 Å². The lowest BCUT2D eigenvalue weighted by molar-refractivity contribution is 0.00118. The van der Waals surface area contributed by atoms with Crippen molar-refractivity contribution in [3.63, 3.8) is 0 Å². The van der Waals surface area contributed by atoms with Crippen LogP contribution in [0.1, 0.15) is 0 Å². The van der Waals surface area contributed by atoms with Crippen molar-refractivity contribution in [1.82, 2.24) is 9.73 Å². The van der Waals surface area contributed by atoms with E-state index < -0.39 is 20.4 Å². The molecule has 0 aromatic carbocycles. The number of amides is 2. The minimum atomic E-state index is -2.80. The predicted octanol–water partition coefficient (Wildman–Crippen LogP) is 0.212. The van der Waals surface area contributed by atoms with E-state index in [0.717, 1.165) is 9.73 Å². The fourth-order valence-electron chi connectivity index (χ4n) is 1.16. The van der Waals surface area contributed by atoms with E-state index in [1.807, 2.05) is 0 Å². The van der Waals surface area contributed by atoms with Gasteiger partial charge in [-0.1, -0.05) is 0 Å². The normalized spacial score (nSPS) is 22.9. The Bertz CT molecular complexity index is 321. The largest absolute Gasteiger partial charge is 0.447 e. The van der Waals surface area contributed by atoms with Crippen LogP contribution in [0.5, 0.6) is 0 Å². The number of hydroxylamine groups is 2. The summed E-state index contributed by atoms with van der Waals surface area (Å²) >= 11 is 0. The number of nitrogens with zero attached hydrogens (tertiary/aromatic N) is 2. The maximum Gasteiger partial charge on any atom is 0.434 e. The molecule has 0 spiro atoms. The van der Waals surface area contributed by atoms with Gasteiger partial charge in [0.1, 0.15) is 13.2 Å². The highest BCUT2D eigenvalue weighted by Crippen LogP contribution is 2.33. The molecule has 2 aliphatic rings. The summed E-state index contributed by atoms with van der Waals surface area (Å²) in [5, 5.41) is 0.840. The number of hydrogen-bond donors (Lipinski definition) is 0. The third kappa shape index (κ3) is 2.05. The van der Waals surface area contributed by atoms with Gasteiger partial charge in [0.15, 0.2) is 0 Å². The SMILES string of the molecule is O=C1OCCN1O[PH](=O)N1CCOC1=O. The van der Waals surface area contributed by atoms with Gasteiger partial charge in [0.2, 0.25) is 0 Å². The Morgan fingerprint density at radius 1 is 1.13 bits per heavy atom. The van der Waals surface area contributed by atoms with Gasteiger partial charge in [-0.3, -0.25) is 4.57 Å². The van der Waals surface area contributed by atoms with E-state index in [4.69, 9.17) is 4.62 Å². The van der Waals surface area contributed by atoms with Gasteiger partial charge in [-0.2, -0.15) is 9.69 Å². The van der Waals surface area contributed by atoms with Crippen LogP contribution in [-0.2, 0) is 18.7 Å². The molecule has 0 saturated carbocycles. The van der Waals surface area contributed by atoms with Crippen LogP contribution in [0.2, 0.25) is 0 Å². The molecule has 1 atom stereocenters. The lowest BCUT2D eigenvalue weighted by Gasteiger charge is -2.16. The second kappa shape index (κ2) is 4.08. The highest BCUT2D eigenvalue weighted by molar-refractivity contribution is 7.37. The van der Waals surface area contributed by atoms with Crippen LogP contribution in [-0.4, -0.2) is 48.2 Å². The van der Waals surface area contributed by atoms with E-state index >= 15 is 0 Å². The quantitative estimate of drug-likeness (QED) is 0.651. The maximum atomic E-state index is 11.5. The molecule has 2 fully saturated rings. The van der Waals surface area contributed by atoms with Crippen LogP contribution in [0.15, 0.2) is 0 Å². The first-order valence-corrected chi connectivity index (χ1v) is 5.55. The first-order valence-electron chi connectivity index (χ1n) is 4.29. The maximum absolute atomic E-state index is 11.5. The molecular weight excluding hydrogens is 227 g/mol. The standard InChI is InChI=1S/C6H9N2O6P/c9-5-7(1-3-12-5)14-15(11)8-2-4-13-6(8)10/h15H,1-4H2. The summed E-state index contributed by atoms with van der Waals surface area (Å²) < 4.78 is 26.4. The van der Waals surface area contributed by atoms with Gasteiger partial charge in [0, 0.05) is 0 Å². The average molecular weight is 236 g/mol. The molecule has 84 valence electrons. The van der Waals surface area contributed by atoms with Gasteiger partial charge in [-0.25, -0.2) is 14.3 Å². The van der Waals surface area contributed by atoms with Crippen LogP contribution in [0.3, 0.4) is 0 Å². The third-order valence-electron chi connectivity index (χ3n) is 1.89. The number of rotatable bonds is 3.